The fourth-order valence-electron chi connectivity index (χ4n) is 5.86. The first-order valence-electron chi connectivity index (χ1n) is 21.8. The third-order valence-corrected chi connectivity index (χ3v) is 10.1. The summed E-state index contributed by atoms with van der Waals surface area (Å²) in [6, 6.07) is 0. The minimum Gasteiger partial charge on any atom is -0.756 e. The first kappa shape index (κ1) is 52.0. The standard InChI is InChI=1S/C43H80NO9P/c1-4-7-9-11-13-15-17-19-20-22-24-26-28-30-32-35-43(47)53-40(39-52-54(48,49)51-37-36-44-41(45)33-6-3)38-50-42(46)34-31-29-27-25-23-21-18-16-14-12-10-8-5-2/h13,15,19-20,40H,4-12,14,16-18,21-39H2,1-3H3,(H,44,45)(H,48,49)/p-1/b15-13-,20-19-/t40-/m1/s1. The number of phosphoric acid groups is 1. The van der Waals surface area contributed by atoms with Gasteiger partial charge >= 0.3 is 11.9 Å². The molecule has 0 bridgehead atoms. The van der Waals surface area contributed by atoms with Crippen molar-refractivity contribution in [2.45, 2.75) is 207 Å². The van der Waals surface area contributed by atoms with Crippen LogP contribution in [-0.2, 0) is 37.5 Å². The highest BCUT2D eigenvalue weighted by molar-refractivity contribution is 7.45. The molecule has 0 saturated carbocycles. The van der Waals surface area contributed by atoms with Crippen LogP contribution in [0.15, 0.2) is 24.3 Å². The summed E-state index contributed by atoms with van der Waals surface area (Å²) in [5.41, 5.74) is 0. The molecule has 54 heavy (non-hydrogen) atoms. The van der Waals surface area contributed by atoms with Gasteiger partial charge in [0.15, 0.2) is 6.10 Å². The average molecular weight is 785 g/mol. The van der Waals surface area contributed by atoms with Gasteiger partial charge in [-0.2, -0.15) is 0 Å². The summed E-state index contributed by atoms with van der Waals surface area (Å²) in [6.07, 6.45) is 36.7. The number of phosphoric ester groups is 1. The van der Waals surface area contributed by atoms with Crippen molar-refractivity contribution in [3.63, 3.8) is 0 Å². The zero-order valence-electron chi connectivity index (χ0n) is 34.6. The molecule has 0 aliphatic carbocycles. The fourth-order valence-corrected chi connectivity index (χ4v) is 6.60. The Hall–Kier alpha value is -2.00. The van der Waals surface area contributed by atoms with Gasteiger partial charge in [0.05, 0.1) is 13.2 Å². The van der Waals surface area contributed by atoms with Crippen molar-refractivity contribution >= 4 is 25.7 Å². The predicted molar refractivity (Wildman–Crippen MR) is 218 cm³/mol. The molecule has 0 aromatic carbocycles. The number of carbonyl (C=O) groups excluding carboxylic acids is 3. The largest absolute Gasteiger partial charge is 0.756 e. The van der Waals surface area contributed by atoms with E-state index < -0.39 is 32.5 Å². The Morgan fingerprint density at radius 3 is 1.61 bits per heavy atom. The number of ether oxygens (including phenoxy) is 2. The van der Waals surface area contributed by atoms with Crippen LogP contribution in [0.25, 0.3) is 0 Å². The Morgan fingerprint density at radius 1 is 0.574 bits per heavy atom. The first-order chi connectivity index (χ1) is 26.2. The monoisotopic (exact) mass is 785 g/mol. The molecule has 0 saturated heterocycles. The van der Waals surface area contributed by atoms with Gasteiger partial charge in [-0.15, -0.1) is 0 Å². The third kappa shape index (κ3) is 38.3. The van der Waals surface area contributed by atoms with E-state index in [2.05, 4.69) is 43.5 Å². The molecule has 0 heterocycles. The van der Waals surface area contributed by atoms with E-state index in [1.807, 2.05) is 6.92 Å². The molecule has 0 aliphatic heterocycles. The zero-order valence-corrected chi connectivity index (χ0v) is 35.5. The van der Waals surface area contributed by atoms with Crippen LogP contribution in [0.3, 0.4) is 0 Å². The maximum absolute atomic E-state index is 12.6. The van der Waals surface area contributed by atoms with Crippen LogP contribution in [0.5, 0.6) is 0 Å². The second-order valence-electron chi connectivity index (χ2n) is 14.4. The molecule has 0 rings (SSSR count). The summed E-state index contributed by atoms with van der Waals surface area (Å²) < 4.78 is 33.0. The lowest BCUT2D eigenvalue weighted by Gasteiger charge is -2.25. The summed E-state index contributed by atoms with van der Waals surface area (Å²) in [5, 5.41) is 2.57. The van der Waals surface area contributed by atoms with E-state index in [0.717, 1.165) is 64.2 Å². The number of amides is 1. The molecule has 0 aliphatic rings. The third-order valence-electron chi connectivity index (χ3n) is 9.11. The number of unbranched alkanes of at least 4 members (excludes halogenated alkanes) is 20. The van der Waals surface area contributed by atoms with Gasteiger partial charge in [-0.1, -0.05) is 154 Å². The predicted octanol–water partition coefficient (Wildman–Crippen LogP) is 11.2. The molecule has 1 amide bonds. The SMILES string of the molecule is CCCCC/C=C\C/C=C\CCCCCCCC(=O)O[C@H](COC(=O)CCCCCCCCCCCCCCC)COP(=O)([O-])OCCNC(=O)CCC. The van der Waals surface area contributed by atoms with E-state index in [4.69, 9.17) is 18.5 Å². The van der Waals surface area contributed by atoms with Gasteiger partial charge in [-0.3, -0.25) is 18.9 Å². The van der Waals surface area contributed by atoms with Crippen molar-refractivity contribution in [3.05, 3.63) is 24.3 Å². The maximum Gasteiger partial charge on any atom is 0.306 e. The van der Waals surface area contributed by atoms with Gasteiger partial charge in [-0.25, -0.2) is 0 Å². The lowest BCUT2D eigenvalue weighted by Crippen LogP contribution is -2.31. The van der Waals surface area contributed by atoms with Crippen molar-refractivity contribution < 1.29 is 42.4 Å². The Morgan fingerprint density at radius 2 is 1.06 bits per heavy atom. The van der Waals surface area contributed by atoms with E-state index in [9.17, 15) is 23.8 Å². The number of rotatable bonds is 40. The van der Waals surface area contributed by atoms with Gasteiger partial charge in [0.2, 0.25) is 5.91 Å². The Labute approximate surface area is 330 Å². The van der Waals surface area contributed by atoms with Crippen LogP contribution in [0.2, 0.25) is 0 Å². The molecular weight excluding hydrogens is 705 g/mol. The molecule has 11 heteroatoms. The lowest BCUT2D eigenvalue weighted by molar-refractivity contribution is -0.228. The summed E-state index contributed by atoms with van der Waals surface area (Å²) >= 11 is 0. The molecule has 1 unspecified atom stereocenters. The number of esters is 2. The molecule has 10 nitrogen and oxygen atoms in total. The Bertz CT molecular complexity index is 1000. The highest BCUT2D eigenvalue weighted by Gasteiger charge is 2.21. The normalized spacial score (nSPS) is 13.3. The molecule has 0 aromatic heterocycles. The molecule has 1 N–H and O–H groups in total. The molecule has 0 spiro atoms. The van der Waals surface area contributed by atoms with Crippen LogP contribution in [-0.4, -0.2) is 50.3 Å². The van der Waals surface area contributed by atoms with Crippen LogP contribution in [0.4, 0.5) is 0 Å². The zero-order chi connectivity index (χ0) is 39.8. The van der Waals surface area contributed by atoms with Crippen LogP contribution in [0, 0.1) is 0 Å². The van der Waals surface area contributed by atoms with Crippen LogP contribution >= 0.6 is 7.82 Å². The van der Waals surface area contributed by atoms with E-state index in [-0.39, 0.29) is 38.5 Å². The van der Waals surface area contributed by atoms with E-state index in [0.29, 0.717) is 25.7 Å². The number of allylic oxidation sites excluding steroid dienone is 4. The number of carbonyl (C=O) groups is 3. The first-order valence-corrected chi connectivity index (χ1v) is 23.2. The quantitative estimate of drug-likeness (QED) is 0.0278. The average Bonchev–Trinajstić information content (AvgIpc) is 3.15. The van der Waals surface area contributed by atoms with Gasteiger partial charge in [0, 0.05) is 25.8 Å². The minimum atomic E-state index is -4.75. The summed E-state index contributed by atoms with van der Waals surface area (Å²) in [6.45, 7) is 5.20. The van der Waals surface area contributed by atoms with Gasteiger partial charge in [0.1, 0.15) is 6.61 Å². The molecule has 0 aromatic rings. The maximum atomic E-state index is 12.6. The Kier molecular flexibility index (Phi) is 37.8. The van der Waals surface area contributed by atoms with Gasteiger partial charge < -0.3 is 28.7 Å². The van der Waals surface area contributed by atoms with Crippen molar-refractivity contribution in [2.75, 3.05) is 26.4 Å². The smallest absolute Gasteiger partial charge is 0.306 e. The summed E-state index contributed by atoms with van der Waals surface area (Å²) in [5.74, 6) is -1.11. The highest BCUT2D eigenvalue weighted by Crippen LogP contribution is 2.38. The summed E-state index contributed by atoms with van der Waals surface area (Å²) in [4.78, 5) is 49.0. The summed E-state index contributed by atoms with van der Waals surface area (Å²) in [7, 11) is -4.75. The topological polar surface area (TPSA) is 140 Å². The molecule has 2 atom stereocenters. The van der Waals surface area contributed by atoms with E-state index in [1.54, 1.807) is 0 Å². The van der Waals surface area contributed by atoms with E-state index in [1.165, 1.54) is 77.0 Å². The van der Waals surface area contributed by atoms with E-state index >= 15 is 0 Å². The van der Waals surface area contributed by atoms with Crippen molar-refractivity contribution in [1.82, 2.24) is 5.32 Å². The molecule has 0 fully saturated rings. The number of nitrogens with one attached hydrogen (secondary N) is 1. The van der Waals surface area contributed by atoms with Crippen LogP contribution < -0.4 is 10.2 Å². The van der Waals surface area contributed by atoms with Gasteiger partial charge in [-0.05, 0) is 51.4 Å². The highest BCUT2D eigenvalue weighted by atomic mass is 31.2. The Balaban J connectivity index is 4.47. The second-order valence-corrected chi connectivity index (χ2v) is 15.9. The van der Waals surface area contributed by atoms with Crippen molar-refractivity contribution in [1.29, 1.82) is 0 Å². The minimum absolute atomic E-state index is 0.0111. The van der Waals surface area contributed by atoms with Crippen molar-refractivity contribution in [2.24, 2.45) is 0 Å². The second kappa shape index (κ2) is 39.2. The number of hydrogen-bond donors (Lipinski definition) is 1. The number of hydrogen-bond acceptors (Lipinski definition) is 9. The van der Waals surface area contributed by atoms with Gasteiger partial charge in [0.25, 0.3) is 7.82 Å². The molecule has 316 valence electrons. The fraction of sp³-hybridized carbons (Fsp3) is 0.837. The van der Waals surface area contributed by atoms with Crippen molar-refractivity contribution in [3.8, 4) is 0 Å². The lowest BCUT2D eigenvalue weighted by atomic mass is 10.0. The molecular formula is C43H79NO9P-. The van der Waals surface area contributed by atoms with Crippen LogP contribution in [0.1, 0.15) is 201 Å². The molecule has 0 radical (unpaired) electrons.